The number of hydrogen-bond donors (Lipinski definition) is 1. The third kappa shape index (κ3) is 3.01. The molecule has 0 heterocycles. The second-order valence-electron chi connectivity index (χ2n) is 3.20. The maximum Gasteiger partial charge on any atom is 0.137 e. The van der Waals surface area contributed by atoms with Crippen molar-refractivity contribution in [2.45, 2.75) is 13.3 Å². The molecule has 1 aromatic rings. The van der Waals surface area contributed by atoms with Gasteiger partial charge in [0.15, 0.2) is 0 Å². The molecule has 0 radical (unpaired) electrons. The molecule has 0 aliphatic heterocycles. The normalized spacial score (nSPS) is 10.1. The summed E-state index contributed by atoms with van der Waals surface area (Å²) < 4.78 is 10.6. The predicted octanol–water partition coefficient (Wildman–Crippen LogP) is 2.38. The SMILES string of the molecule is COc1ccc(OCCCN)c(C)c1Cl. The van der Waals surface area contributed by atoms with Crippen LogP contribution in [-0.4, -0.2) is 20.3 Å². The molecule has 0 fully saturated rings. The molecule has 0 amide bonds. The average Bonchev–Trinajstić information content (AvgIpc) is 2.25. The van der Waals surface area contributed by atoms with Crippen LogP contribution >= 0.6 is 11.6 Å². The molecule has 1 aromatic carbocycles. The summed E-state index contributed by atoms with van der Waals surface area (Å²) in [6.45, 7) is 3.14. The predicted molar refractivity (Wildman–Crippen MR) is 61.9 cm³/mol. The van der Waals surface area contributed by atoms with E-state index in [1.807, 2.05) is 13.0 Å². The van der Waals surface area contributed by atoms with Crippen LogP contribution in [0.25, 0.3) is 0 Å². The first kappa shape index (κ1) is 12.1. The lowest BCUT2D eigenvalue weighted by atomic mass is 10.2. The molecule has 1 rings (SSSR count). The summed E-state index contributed by atoms with van der Waals surface area (Å²) in [4.78, 5) is 0. The smallest absolute Gasteiger partial charge is 0.137 e. The number of methoxy groups -OCH3 is 1. The summed E-state index contributed by atoms with van der Waals surface area (Å²) in [5, 5.41) is 0.600. The first-order valence-corrected chi connectivity index (χ1v) is 5.24. The molecule has 84 valence electrons. The minimum atomic E-state index is 0.600. The molecule has 0 aromatic heterocycles. The van der Waals surface area contributed by atoms with Crippen molar-refractivity contribution in [3.05, 3.63) is 22.7 Å². The molecule has 0 bridgehead atoms. The Labute approximate surface area is 95.1 Å². The van der Waals surface area contributed by atoms with Gasteiger partial charge in [0, 0.05) is 5.56 Å². The van der Waals surface area contributed by atoms with Gasteiger partial charge in [-0.25, -0.2) is 0 Å². The number of ether oxygens (including phenoxy) is 2. The van der Waals surface area contributed by atoms with Crippen molar-refractivity contribution >= 4 is 11.6 Å². The largest absolute Gasteiger partial charge is 0.495 e. The van der Waals surface area contributed by atoms with Gasteiger partial charge in [0.25, 0.3) is 0 Å². The van der Waals surface area contributed by atoms with Gasteiger partial charge < -0.3 is 15.2 Å². The molecule has 0 aliphatic carbocycles. The first-order chi connectivity index (χ1) is 7.20. The van der Waals surface area contributed by atoms with E-state index in [0.29, 0.717) is 23.9 Å². The Bertz CT molecular complexity index is 329. The Morgan fingerprint density at radius 3 is 2.60 bits per heavy atom. The van der Waals surface area contributed by atoms with Crippen LogP contribution in [0.3, 0.4) is 0 Å². The van der Waals surface area contributed by atoms with E-state index in [1.165, 1.54) is 0 Å². The fourth-order valence-electron chi connectivity index (χ4n) is 1.22. The van der Waals surface area contributed by atoms with Gasteiger partial charge in [0.2, 0.25) is 0 Å². The van der Waals surface area contributed by atoms with Crippen LogP contribution in [0.4, 0.5) is 0 Å². The van der Waals surface area contributed by atoms with E-state index >= 15 is 0 Å². The fraction of sp³-hybridized carbons (Fsp3) is 0.455. The molecule has 4 heteroatoms. The standard InChI is InChI=1S/C11H16ClNO2/c1-8-9(15-7-3-6-13)4-5-10(14-2)11(8)12/h4-5H,3,6-7,13H2,1-2H3. The second kappa shape index (κ2) is 5.83. The zero-order valence-electron chi connectivity index (χ0n) is 9.05. The summed E-state index contributed by atoms with van der Waals surface area (Å²) in [6.07, 6.45) is 0.836. The zero-order chi connectivity index (χ0) is 11.3. The van der Waals surface area contributed by atoms with E-state index in [-0.39, 0.29) is 0 Å². The Hall–Kier alpha value is -0.930. The van der Waals surface area contributed by atoms with Gasteiger partial charge in [-0.3, -0.25) is 0 Å². The Morgan fingerprint density at radius 2 is 2.00 bits per heavy atom. The van der Waals surface area contributed by atoms with Crippen molar-refractivity contribution in [2.75, 3.05) is 20.3 Å². The summed E-state index contributed by atoms with van der Waals surface area (Å²) in [6, 6.07) is 3.66. The molecule has 0 unspecified atom stereocenters. The molecule has 0 atom stereocenters. The number of rotatable bonds is 5. The highest BCUT2D eigenvalue weighted by atomic mass is 35.5. The summed E-state index contributed by atoms with van der Waals surface area (Å²) in [7, 11) is 1.59. The number of nitrogens with two attached hydrogens (primary N) is 1. The molecule has 2 N–H and O–H groups in total. The van der Waals surface area contributed by atoms with Crippen LogP contribution in [0.5, 0.6) is 11.5 Å². The molecule has 0 spiro atoms. The van der Waals surface area contributed by atoms with Gasteiger partial charge in [0.05, 0.1) is 18.7 Å². The highest BCUT2D eigenvalue weighted by molar-refractivity contribution is 6.33. The van der Waals surface area contributed by atoms with Crippen LogP contribution in [0.2, 0.25) is 5.02 Å². The van der Waals surface area contributed by atoms with E-state index in [1.54, 1.807) is 13.2 Å². The minimum Gasteiger partial charge on any atom is -0.495 e. The maximum atomic E-state index is 6.08. The van der Waals surface area contributed by atoms with Crippen molar-refractivity contribution in [2.24, 2.45) is 5.73 Å². The van der Waals surface area contributed by atoms with Crippen LogP contribution in [0.1, 0.15) is 12.0 Å². The molecule has 0 saturated heterocycles. The van der Waals surface area contributed by atoms with Crippen molar-refractivity contribution in [1.29, 1.82) is 0 Å². The first-order valence-electron chi connectivity index (χ1n) is 4.86. The molecular weight excluding hydrogens is 214 g/mol. The quantitative estimate of drug-likeness (QED) is 0.789. The summed E-state index contributed by atoms with van der Waals surface area (Å²) >= 11 is 6.08. The number of benzene rings is 1. The lowest BCUT2D eigenvalue weighted by molar-refractivity contribution is 0.310. The Morgan fingerprint density at radius 1 is 1.33 bits per heavy atom. The van der Waals surface area contributed by atoms with Crippen molar-refractivity contribution in [3.8, 4) is 11.5 Å². The monoisotopic (exact) mass is 229 g/mol. The van der Waals surface area contributed by atoms with Gasteiger partial charge in [-0.1, -0.05) is 11.6 Å². The van der Waals surface area contributed by atoms with Crippen LogP contribution in [0.15, 0.2) is 12.1 Å². The van der Waals surface area contributed by atoms with Gasteiger partial charge >= 0.3 is 0 Å². The van der Waals surface area contributed by atoms with Crippen LogP contribution < -0.4 is 15.2 Å². The van der Waals surface area contributed by atoms with E-state index in [4.69, 9.17) is 26.8 Å². The van der Waals surface area contributed by atoms with E-state index < -0.39 is 0 Å². The van der Waals surface area contributed by atoms with Gasteiger partial charge in [0.1, 0.15) is 11.5 Å². The van der Waals surface area contributed by atoms with Gasteiger partial charge in [-0.2, -0.15) is 0 Å². The third-order valence-corrected chi connectivity index (χ3v) is 2.60. The molecular formula is C11H16ClNO2. The van der Waals surface area contributed by atoms with Crippen molar-refractivity contribution < 1.29 is 9.47 Å². The van der Waals surface area contributed by atoms with Gasteiger partial charge in [-0.05, 0) is 32.0 Å². The van der Waals surface area contributed by atoms with E-state index in [9.17, 15) is 0 Å². The lowest BCUT2D eigenvalue weighted by Crippen LogP contribution is -2.06. The maximum absolute atomic E-state index is 6.08. The third-order valence-electron chi connectivity index (χ3n) is 2.13. The number of hydrogen-bond acceptors (Lipinski definition) is 3. The van der Waals surface area contributed by atoms with E-state index in [0.717, 1.165) is 17.7 Å². The van der Waals surface area contributed by atoms with Gasteiger partial charge in [-0.15, -0.1) is 0 Å². The minimum absolute atomic E-state index is 0.600. The van der Waals surface area contributed by atoms with Crippen LogP contribution in [-0.2, 0) is 0 Å². The molecule has 0 aliphatic rings. The fourth-order valence-corrected chi connectivity index (χ4v) is 1.46. The topological polar surface area (TPSA) is 44.5 Å². The Kier molecular flexibility index (Phi) is 4.72. The Balaban J connectivity index is 2.77. The molecule has 15 heavy (non-hydrogen) atoms. The van der Waals surface area contributed by atoms with Crippen molar-refractivity contribution in [3.63, 3.8) is 0 Å². The second-order valence-corrected chi connectivity index (χ2v) is 3.57. The van der Waals surface area contributed by atoms with Crippen molar-refractivity contribution in [1.82, 2.24) is 0 Å². The highest BCUT2D eigenvalue weighted by Gasteiger charge is 2.08. The summed E-state index contributed by atoms with van der Waals surface area (Å²) in [5.41, 5.74) is 6.28. The number of halogens is 1. The van der Waals surface area contributed by atoms with Crippen LogP contribution in [0, 0.1) is 6.92 Å². The van der Waals surface area contributed by atoms with E-state index in [2.05, 4.69) is 0 Å². The molecule has 0 saturated carbocycles. The molecule has 3 nitrogen and oxygen atoms in total. The summed E-state index contributed by atoms with van der Waals surface area (Å²) in [5.74, 6) is 1.45. The zero-order valence-corrected chi connectivity index (χ0v) is 9.80. The lowest BCUT2D eigenvalue weighted by Gasteiger charge is -2.12. The average molecular weight is 230 g/mol. The highest BCUT2D eigenvalue weighted by Crippen LogP contribution is 2.33.